The molecule has 0 fully saturated rings. The van der Waals surface area contributed by atoms with Gasteiger partial charge in [0.15, 0.2) is 0 Å². The van der Waals surface area contributed by atoms with Gasteiger partial charge in [-0.2, -0.15) is 10.1 Å². The smallest absolute Gasteiger partial charge is 0.244 e. The summed E-state index contributed by atoms with van der Waals surface area (Å²) in [6.45, 7) is 6.03. The molecule has 0 amide bonds. The van der Waals surface area contributed by atoms with Crippen LogP contribution in [0.1, 0.15) is 26.5 Å². The van der Waals surface area contributed by atoms with Gasteiger partial charge in [-0.1, -0.05) is 20.8 Å². The lowest BCUT2D eigenvalue weighted by Crippen LogP contribution is -2.20. The minimum absolute atomic E-state index is 0.0583. The van der Waals surface area contributed by atoms with Crippen molar-refractivity contribution in [1.82, 2.24) is 15.2 Å². The number of nitrogens with one attached hydrogen (secondary N) is 1. The van der Waals surface area contributed by atoms with Crippen molar-refractivity contribution in [2.24, 2.45) is 0 Å². The lowest BCUT2D eigenvalue weighted by molar-refractivity contribution is 0.550. The summed E-state index contributed by atoms with van der Waals surface area (Å²) < 4.78 is 0. The predicted octanol–water partition coefficient (Wildman–Crippen LogP) is 0.462. The second-order valence-corrected chi connectivity index (χ2v) is 3.42. The van der Waals surface area contributed by atoms with Gasteiger partial charge in [-0.15, -0.1) is 0 Å². The van der Waals surface area contributed by atoms with Gasteiger partial charge in [0.1, 0.15) is 0 Å². The molecule has 1 N–H and O–H groups in total. The molecule has 0 saturated carbocycles. The van der Waals surface area contributed by atoms with Crippen LogP contribution in [0.2, 0.25) is 0 Å². The van der Waals surface area contributed by atoms with Crippen LogP contribution >= 0.6 is 0 Å². The van der Waals surface area contributed by atoms with Gasteiger partial charge in [0, 0.05) is 5.41 Å². The molecule has 1 rings (SSSR count). The van der Waals surface area contributed by atoms with E-state index in [1.54, 1.807) is 0 Å². The Morgan fingerprint density at radius 3 is 2.45 bits per heavy atom. The van der Waals surface area contributed by atoms with E-state index in [-0.39, 0.29) is 5.41 Å². The van der Waals surface area contributed by atoms with Gasteiger partial charge < -0.3 is 0 Å². The number of rotatable bonds is 0. The summed E-state index contributed by atoms with van der Waals surface area (Å²) in [5, 5.41) is 6.14. The Balaban J connectivity index is 3.09. The molecule has 0 bridgehead atoms. The van der Waals surface area contributed by atoms with Crippen LogP contribution in [0, 0.1) is 0 Å². The number of aromatic nitrogens is 3. The SMILES string of the molecule is CC(C)(C)c1cnc(=O)[nH]n1. The highest BCUT2D eigenvalue weighted by atomic mass is 16.1. The minimum Gasteiger partial charge on any atom is -0.244 e. The van der Waals surface area contributed by atoms with E-state index in [0.29, 0.717) is 0 Å². The Morgan fingerprint density at radius 1 is 1.45 bits per heavy atom. The van der Waals surface area contributed by atoms with Gasteiger partial charge in [-0.05, 0) is 0 Å². The number of H-pyrrole nitrogens is 1. The lowest BCUT2D eigenvalue weighted by Gasteiger charge is -2.15. The van der Waals surface area contributed by atoms with Crippen molar-refractivity contribution < 1.29 is 0 Å². The molecule has 11 heavy (non-hydrogen) atoms. The van der Waals surface area contributed by atoms with Crippen molar-refractivity contribution in [3.8, 4) is 0 Å². The van der Waals surface area contributed by atoms with E-state index < -0.39 is 5.69 Å². The van der Waals surface area contributed by atoms with Crippen LogP contribution in [-0.4, -0.2) is 15.2 Å². The van der Waals surface area contributed by atoms with Crippen molar-refractivity contribution >= 4 is 0 Å². The molecule has 0 radical (unpaired) electrons. The molecular weight excluding hydrogens is 142 g/mol. The monoisotopic (exact) mass is 153 g/mol. The first kappa shape index (κ1) is 7.91. The lowest BCUT2D eigenvalue weighted by atomic mass is 9.93. The first-order valence-corrected chi connectivity index (χ1v) is 3.42. The van der Waals surface area contributed by atoms with E-state index in [2.05, 4.69) is 15.2 Å². The topological polar surface area (TPSA) is 58.6 Å². The van der Waals surface area contributed by atoms with Crippen molar-refractivity contribution in [3.63, 3.8) is 0 Å². The molecule has 0 saturated heterocycles. The Bertz CT molecular complexity index is 277. The van der Waals surface area contributed by atoms with Crippen molar-refractivity contribution in [2.45, 2.75) is 26.2 Å². The second-order valence-electron chi connectivity index (χ2n) is 3.42. The molecule has 0 spiro atoms. The highest BCUT2D eigenvalue weighted by Crippen LogP contribution is 2.16. The normalized spacial score (nSPS) is 11.5. The molecule has 0 unspecified atom stereocenters. The highest BCUT2D eigenvalue weighted by molar-refractivity contribution is 5.04. The Morgan fingerprint density at radius 2 is 2.09 bits per heavy atom. The molecule has 4 heteroatoms. The average molecular weight is 153 g/mol. The van der Waals surface area contributed by atoms with E-state index in [9.17, 15) is 4.79 Å². The van der Waals surface area contributed by atoms with Gasteiger partial charge in [-0.3, -0.25) is 0 Å². The molecule has 0 atom stereocenters. The third-order valence-electron chi connectivity index (χ3n) is 1.34. The maximum absolute atomic E-state index is 10.5. The maximum atomic E-state index is 10.5. The predicted molar refractivity (Wildman–Crippen MR) is 41.4 cm³/mol. The molecule has 1 heterocycles. The Hall–Kier alpha value is -1.19. The summed E-state index contributed by atoms with van der Waals surface area (Å²) in [6.07, 6.45) is 1.50. The summed E-state index contributed by atoms with van der Waals surface area (Å²) >= 11 is 0. The van der Waals surface area contributed by atoms with Crippen molar-refractivity contribution in [3.05, 3.63) is 22.4 Å². The standard InChI is InChI=1S/C7H11N3O/c1-7(2,3)5-4-8-6(11)10-9-5/h4H,1-3H3,(H,8,10,11). The van der Waals surface area contributed by atoms with Crippen molar-refractivity contribution in [2.75, 3.05) is 0 Å². The number of aromatic amines is 1. The Kier molecular flexibility index (Phi) is 1.76. The molecule has 1 aromatic rings. The van der Waals surface area contributed by atoms with Gasteiger partial charge in [0.2, 0.25) is 0 Å². The largest absolute Gasteiger partial charge is 0.361 e. The minimum atomic E-state index is -0.405. The molecule has 0 aliphatic heterocycles. The average Bonchev–Trinajstić information content (AvgIpc) is 1.86. The van der Waals surface area contributed by atoms with Crippen LogP contribution in [0.15, 0.2) is 11.0 Å². The fraction of sp³-hybridized carbons (Fsp3) is 0.571. The number of hydrogen-bond donors (Lipinski definition) is 1. The maximum Gasteiger partial charge on any atom is 0.361 e. The molecule has 0 aliphatic carbocycles. The highest BCUT2D eigenvalue weighted by Gasteiger charge is 2.15. The van der Waals surface area contributed by atoms with Crippen LogP contribution in [0.3, 0.4) is 0 Å². The summed E-state index contributed by atoms with van der Waals surface area (Å²) in [4.78, 5) is 14.1. The van der Waals surface area contributed by atoms with Gasteiger partial charge >= 0.3 is 5.69 Å². The summed E-state index contributed by atoms with van der Waals surface area (Å²) in [6, 6.07) is 0. The molecule has 0 aliphatic rings. The van der Waals surface area contributed by atoms with E-state index in [4.69, 9.17) is 0 Å². The molecule has 60 valence electrons. The first-order chi connectivity index (χ1) is 5.00. The Labute approximate surface area is 64.7 Å². The number of nitrogens with zero attached hydrogens (tertiary/aromatic N) is 2. The first-order valence-electron chi connectivity index (χ1n) is 3.42. The van der Waals surface area contributed by atoms with E-state index in [0.717, 1.165) is 5.69 Å². The quantitative estimate of drug-likeness (QED) is 0.589. The molecule has 0 aromatic carbocycles. The fourth-order valence-electron chi connectivity index (χ4n) is 0.647. The van der Waals surface area contributed by atoms with Crippen LogP contribution < -0.4 is 5.69 Å². The fourth-order valence-corrected chi connectivity index (χ4v) is 0.647. The van der Waals surface area contributed by atoms with Gasteiger partial charge in [0.05, 0.1) is 11.9 Å². The zero-order chi connectivity index (χ0) is 8.48. The third-order valence-corrected chi connectivity index (χ3v) is 1.34. The van der Waals surface area contributed by atoms with Gasteiger partial charge in [0.25, 0.3) is 0 Å². The van der Waals surface area contributed by atoms with Crippen LogP contribution in [-0.2, 0) is 5.41 Å². The van der Waals surface area contributed by atoms with Crippen molar-refractivity contribution in [1.29, 1.82) is 0 Å². The number of hydrogen-bond acceptors (Lipinski definition) is 3. The zero-order valence-electron chi connectivity index (χ0n) is 6.88. The van der Waals surface area contributed by atoms with Gasteiger partial charge in [-0.25, -0.2) is 9.89 Å². The summed E-state index contributed by atoms with van der Waals surface area (Å²) in [5.41, 5.74) is 0.326. The second kappa shape index (κ2) is 2.45. The molecular formula is C7H11N3O. The molecule has 1 aromatic heterocycles. The van der Waals surface area contributed by atoms with Crippen LogP contribution in [0.4, 0.5) is 0 Å². The van der Waals surface area contributed by atoms with Crippen LogP contribution in [0.25, 0.3) is 0 Å². The summed E-state index contributed by atoms with van der Waals surface area (Å²) in [5.74, 6) is 0. The van der Waals surface area contributed by atoms with Crippen LogP contribution in [0.5, 0.6) is 0 Å². The summed E-state index contributed by atoms with van der Waals surface area (Å²) in [7, 11) is 0. The van der Waals surface area contributed by atoms with E-state index in [1.807, 2.05) is 20.8 Å². The van der Waals surface area contributed by atoms with E-state index in [1.165, 1.54) is 6.20 Å². The third kappa shape index (κ3) is 1.86. The zero-order valence-corrected chi connectivity index (χ0v) is 6.88. The van der Waals surface area contributed by atoms with E-state index >= 15 is 0 Å². The molecule has 4 nitrogen and oxygen atoms in total.